The third-order valence-electron chi connectivity index (χ3n) is 3.37. The zero-order chi connectivity index (χ0) is 13.7. The summed E-state index contributed by atoms with van der Waals surface area (Å²) in [6.45, 7) is 6.38. The number of likely N-dealkylation sites (tertiary alicyclic amines) is 1. The van der Waals surface area contributed by atoms with Gasteiger partial charge in [-0.05, 0) is 59.9 Å². The Labute approximate surface area is 122 Å². The first kappa shape index (κ1) is 14.5. The van der Waals surface area contributed by atoms with Gasteiger partial charge in [-0.15, -0.1) is 0 Å². The summed E-state index contributed by atoms with van der Waals surface area (Å²) in [5.41, 5.74) is 0.648. The van der Waals surface area contributed by atoms with E-state index in [1.54, 1.807) is 18.3 Å². The Morgan fingerprint density at radius 2 is 2.26 bits per heavy atom. The van der Waals surface area contributed by atoms with E-state index in [0.717, 1.165) is 13.1 Å². The Morgan fingerprint density at radius 1 is 1.53 bits per heavy atom. The van der Waals surface area contributed by atoms with Gasteiger partial charge < -0.3 is 10.2 Å². The van der Waals surface area contributed by atoms with Crippen molar-refractivity contribution in [2.24, 2.45) is 5.92 Å². The molecular weight excluding hydrogens is 306 g/mol. The molecule has 5 heteroatoms. The van der Waals surface area contributed by atoms with Gasteiger partial charge in [-0.2, -0.15) is 0 Å². The van der Waals surface area contributed by atoms with Gasteiger partial charge >= 0.3 is 0 Å². The van der Waals surface area contributed by atoms with Crippen molar-refractivity contribution in [3.8, 4) is 0 Å². The molecule has 1 amide bonds. The highest BCUT2D eigenvalue weighted by molar-refractivity contribution is 9.10. The van der Waals surface area contributed by atoms with Crippen LogP contribution in [0.1, 0.15) is 30.1 Å². The molecule has 0 saturated carbocycles. The highest BCUT2D eigenvalue weighted by Gasteiger charge is 2.15. The molecule has 1 fully saturated rings. The number of carbonyl (C=O) groups excluding carboxylic acids is 1. The van der Waals surface area contributed by atoms with E-state index in [2.05, 4.69) is 38.1 Å². The molecular formula is C14H20BrN3O. The number of pyridine rings is 1. The summed E-state index contributed by atoms with van der Waals surface area (Å²) in [4.78, 5) is 18.5. The lowest BCUT2D eigenvalue weighted by Gasteiger charge is -2.20. The summed E-state index contributed by atoms with van der Waals surface area (Å²) in [7, 11) is 0. The van der Waals surface area contributed by atoms with Crippen LogP contribution in [0.4, 0.5) is 0 Å². The van der Waals surface area contributed by atoms with E-state index in [-0.39, 0.29) is 5.91 Å². The Hall–Kier alpha value is -0.940. The van der Waals surface area contributed by atoms with Crippen LogP contribution in [0, 0.1) is 5.92 Å². The predicted octanol–water partition coefficient (Wildman–Crippen LogP) is 2.31. The molecule has 4 nitrogen and oxygen atoms in total. The molecule has 0 aliphatic carbocycles. The normalized spacial score (nSPS) is 17.4. The first-order valence-electron chi connectivity index (χ1n) is 6.77. The number of nitrogens with one attached hydrogen (secondary N) is 1. The van der Waals surface area contributed by atoms with Crippen LogP contribution in [0.25, 0.3) is 0 Å². The van der Waals surface area contributed by atoms with Gasteiger partial charge in [0.25, 0.3) is 5.91 Å². The van der Waals surface area contributed by atoms with Gasteiger partial charge in [0.2, 0.25) is 0 Å². The molecule has 1 aliphatic heterocycles. The molecule has 1 N–H and O–H groups in total. The van der Waals surface area contributed by atoms with Gasteiger partial charge in [0.15, 0.2) is 0 Å². The average Bonchev–Trinajstić information content (AvgIpc) is 2.88. The minimum Gasteiger partial charge on any atom is -0.352 e. The highest BCUT2D eigenvalue weighted by atomic mass is 79.9. The van der Waals surface area contributed by atoms with Gasteiger partial charge in [0.1, 0.15) is 4.60 Å². The molecule has 1 aromatic heterocycles. The average molecular weight is 326 g/mol. The van der Waals surface area contributed by atoms with E-state index in [1.807, 2.05) is 0 Å². The van der Waals surface area contributed by atoms with Crippen molar-refractivity contribution in [2.45, 2.75) is 19.8 Å². The van der Waals surface area contributed by atoms with Crippen LogP contribution in [0.2, 0.25) is 0 Å². The number of carbonyl (C=O) groups is 1. The third kappa shape index (κ3) is 4.58. The summed E-state index contributed by atoms with van der Waals surface area (Å²) < 4.78 is 0.685. The van der Waals surface area contributed by atoms with Crippen molar-refractivity contribution < 1.29 is 4.79 Å². The van der Waals surface area contributed by atoms with Crippen LogP contribution in [0.3, 0.4) is 0 Å². The van der Waals surface area contributed by atoms with Crippen LogP contribution >= 0.6 is 15.9 Å². The lowest BCUT2D eigenvalue weighted by Crippen LogP contribution is -2.34. The lowest BCUT2D eigenvalue weighted by atomic mass is 10.1. The summed E-state index contributed by atoms with van der Waals surface area (Å²) in [6, 6.07) is 3.46. The Bertz CT molecular complexity index is 432. The minimum absolute atomic E-state index is 0.0311. The number of nitrogens with zero attached hydrogens (tertiary/aromatic N) is 2. The molecule has 1 atom stereocenters. The van der Waals surface area contributed by atoms with E-state index in [1.165, 1.54) is 25.9 Å². The Kier molecular flexibility index (Phi) is 5.34. The van der Waals surface area contributed by atoms with Crippen LogP contribution in [-0.4, -0.2) is 42.0 Å². The number of hydrogen-bond donors (Lipinski definition) is 1. The van der Waals surface area contributed by atoms with Gasteiger partial charge in [0.05, 0.1) is 0 Å². The minimum atomic E-state index is -0.0311. The van der Waals surface area contributed by atoms with Crippen molar-refractivity contribution in [3.05, 3.63) is 28.5 Å². The number of halogens is 1. The fourth-order valence-electron chi connectivity index (χ4n) is 2.38. The van der Waals surface area contributed by atoms with Crippen molar-refractivity contribution in [3.63, 3.8) is 0 Å². The quantitative estimate of drug-likeness (QED) is 0.845. The first-order chi connectivity index (χ1) is 9.15. The SMILES string of the molecule is CC(CNC(=O)c1ccnc(Br)c1)CN1CCCC1. The molecule has 0 bridgehead atoms. The largest absolute Gasteiger partial charge is 0.352 e. The molecule has 1 unspecified atom stereocenters. The summed E-state index contributed by atoms with van der Waals surface area (Å²) in [5.74, 6) is 0.448. The van der Waals surface area contributed by atoms with Crippen molar-refractivity contribution in [2.75, 3.05) is 26.2 Å². The van der Waals surface area contributed by atoms with E-state index < -0.39 is 0 Å². The number of rotatable bonds is 5. The second-order valence-corrected chi connectivity index (χ2v) is 6.00. The fourth-order valence-corrected chi connectivity index (χ4v) is 2.75. The molecule has 1 saturated heterocycles. The van der Waals surface area contributed by atoms with Crippen LogP contribution < -0.4 is 5.32 Å². The molecule has 2 heterocycles. The van der Waals surface area contributed by atoms with Gasteiger partial charge in [-0.1, -0.05) is 6.92 Å². The molecule has 1 aromatic rings. The molecule has 0 spiro atoms. The molecule has 1 aliphatic rings. The predicted molar refractivity (Wildman–Crippen MR) is 79.1 cm³/mol. The number of hydrogen-bond acceptors (Lipinski definition) is 3. The van der Waals surface area contributed by atoms with E-state index in [9.17, 15) is 4.79 Å². The van der Waals surface area contributed by atoms with Crippen LogP contribution in [0.5, 0.6) is 0 Å². The maximum absolute atomic E-state index is 12.0. The Balaban J connectivity index is 1.76. The zero-order valence-electron chi connectivity index (χ0n) is 11.2. The molecule has 2 rings (SSSR count). The topological polar surface area (TPSA) is 45.2 Å². The fraction of sp³-hybridized carbons (Fsp3) is 0.571. The van der Waals surface area contributed by atoms with Gasteiger partial charge in [-0.25, -0.2) is 4.98 Å². The molecule has 0 aromatic carbocycles. The lowest BCUT2D eigenvalue weighted by molar-refractivity contribution is 0.0945. The van der Waals surface area contributed by atoms with Gasteiger partial charge in [0, 0.05) is 24.8 Å². The van der Waals surface area contributed by atoms with E-state index in [0.29, 0.717) is 16.1 Å². The molecule has 19 heavy (non-hydrogen) atoms. The standard InChI is InChI=1S/C14H20BrN3O/c1-11(10-18-6-2-3-7-18)9-17-14(19)12-4-5-16-13(15)8-12/h4-5,8,11H,2-3,6-7,9-10H2,1H3,(H,17,19). The summed E-state index contributed by atoms with van der Waals surface area (Å²) in [5, 5.41) is 2.99. The summed E-state index contributed by atoms with van der Waals surface area (Å²) >= 11 is 3.27. The smallest absolute Gasteiger partial charge is 0.251 e. The van der Waals surface area contributed by atoms with Crippen molar-refractivity contribution in [1.82, 2.24) is 15.2 Å². The second kappa shape index (κ2) is 7.01. The zero-order valence-corrected chi connectivity index (χ0v) is 12.8. The van der Waals surface area contributed by atoms with Gasteiger partial charge in [-0.3, -0.25) is 4.79 Å². The maximum Gasteiger partial charge on any atom is 0.251 e. The molecule has 104 valence electrons. The Morgan fingerprint density at radius 3 is 2.95 bits per heavy atom. The van der Waals surface area contributed by atoms with Crippen molar-refractivity contribution >= 4 is 21.8 Å². The number of aromatic nitrogens is 1. The maximum atomic E-state index is 12.0. The second-order valence-electron chi connectivity index (χ2n) is 5.19. The highest BCUT2D eigenvalue weighted by Crippen LogP contribution is 2.10. The first-order valence-corrected chi connectivity index (χ1v) is 7.56. The van der Waals surface area contributed by atoms with Crippen LogP contribution in [-0.2, 0) is 0 Å². The third-order valence-corrected chi connectivity index (χ3v) is 3.80. The van der Waals surface area contributed by atoms with E-state index in [4.69, 9.17) is 0 Å². The monoisotopic (exact) mass is 325 g/mol. The van der Waals surface area contributed by atoms with Crippen molar-refractivity contribution in [1.29, 1.82) is 0 Å². The van der Waals surface area contributed by atoms with E-state index >= 15 is 0 Å². The van der Waals surface area contributed by atoms with Crippen LogP contribution in [0.15, 0.2) is 22.9 Å². The number of amides is 1. The molecule has 0 radical (unpaired) electrons. The summed E-state index contributed by atoms with van der Waals surface area (Å²) in [6.07, 6.45) is 4.25.